The van der Waals surface area contributed by atoms with E-state index in [1.807, 2.05) is 25.3 Å². The van der Waals surface area contributed by atoms with Crippen LogP contribution in [0.1, 0.15) is 49.3 Å². The molecule has 3 heterocycles. The van der Waals surface area contributed by atoms with Crippen molar-refractivity contribution in [3.63, 3.8) is 0 Å². The topological polar surface area (TPSA) is 109 Å². The van der Waals surface area contributed by atoms with E-state index < -0.39 is 0 Å². The molecule has 2 aromatic carbocycles. The number of ether oxygens (including phenoxy) is 2. The lowest BCUT2D eigenvalue weighted by atomic mass is 9.99. The van der Waals surface area contributed by atoms with Crippen LogP contribution in [0.2, 0.25) is 0 Å². The first-order chi connectivity index (χ1) is 20.5. The first kappa shape index (κ1) is 30.1. The first-order valence-corrected chi connectivity index (χ1v) is 14.0. The van der Waals surface area contributed by atoms with Crippen molar-refractivity contribution in [2.75, 3.05) is 7.11 Å². The largest absolute Gasteiger partial charge is 0.487 e. The zero-order valence-electron chi connectivity index (χ0n) is 24.4. The van der Waals surface area contributed by atoms with Crippen LogP contribution in [0.3, 0.4) is 0 Å². The molecule has 9 nitrogen and oxygen atoms in total. The number of pyridine rings is 1. The minimum absolute atomic E-state index is 0.250. The van der Waals surface area contributed by atoms with Gasteiger partial charge in [-0.05, 0) is 53.8 Å². The maximum absolute atomic E-state index is 8.12. The van der Waals surface area contributed by atoms with E-state index in [1.165, 1.54) is 5.56 Å². The zero-order chi connectivity index (χ0) is 29.9. The van der Waals surface area contributed by atoms with Crippen molar-refractivity contribution in [3.05, 3.63) is 95.8 Å². The summed E-state index contributed by atoms with van der Waals surface area (Å²) in [6.07, 6.45) is 8.91. The third-order valence-corrected chi connectivity index (χ3v) is 7.20. The van der Waals surface area contributed by atoms with Crippen molar-refractivity contribution < 1.29 is 19.1 Å². The predicted octanol–water partition coefficient (Wildman–Crippen LogP) is 6.23. The Morgan fingerprint density at radius 1 is 0.905 bits per heavy atom. The van der Waals surface area contributed by atoms with Crippen molar-refractivity contribution in [3.8, 4) is 22.9 Å². The van der Waals surface area contributed by atoms with Gasteiger partial charge >= 0.3 is 12.2 Å². The van der Waals surface area contributed by atoms with Crippen LogP contribution < -0.4 is 9.47 Å². The molecule has 0 aliphatic rings. The monoisotopic (exact) mass is 565 g/mol. The Bertz CT molecular complexity index is 1620. The molecule has 0 radical (unpaired) electrons. The molecule has 0 fully saturated rings. The van der Waals surface area contributed by atoms with Gasteiger partial charge in [0.1, 0.15) is 18.2 Å². The molecule has 216 valence electrons. The van der Waals surface area contributed by atoms with Gasteiger partial charge in [-0.2, -0.15) is 9.59 Å². The maximum atomic E-state index is 8.12. The second kappa shape index (κ2) is 14.7. The highest BCUT2D eigenvalue weighted by atomic mass is 16.5. The molecule has 0 unspecified atom stereocenters. The lowest BCUT2D eigenvalue weighted by molar-refractivity contribution is -0.191. The van der Waals surface area contributed by atoms with E-state index in [4.69, 9.17) is 24.0 Å². The molecule has 3 aromatic heterocycles. The molecule has 0 spiro atoms. The van der Waals surface area contributed by atoms with Crippen LogP contribution in [0.15, 0.2) is 73.2 Å². The number of methoxy groups -OCH3 is 1. The van der Waals surface area contributed by atoms with Gasteiger partial charge in [0.2, 0.25) is 0 Å². The maximum Gasteiger partial charge on any atom is 0.373 e. The van der Waals surface area contributed by atoms with E-state index in [1.54, 1.807) is 19.5 Å². The lowest BCUT2D eigenvalue weighted by Gasteiger charge is -2.15. The van der Waals surface area contributed by atoms with Gasteiger partial charge in [-0.1, -0.05) is 51.0 Å². The van der Waals surface area contributed by atoms with E-state index in [2.05, 4.69) is 75.8 Å². The van der Waals surface area contributed by atoms with Crippen LogP contribution in [0.4, 0.5) is 0 Å². The molecule has 0 saturated heterocycles. The minimum atomic E-state index is 0.250. The van der Waals surface area contributed by atoms with Crippen LogP contribution in [-0.2, 0) is 29.2 Å². The molecule has 0 bridgehead atoms. The molecule has 0 amide bonds. The first-order valence-electron chi connectivity index (χ1n) is 14.0. The highest BCUT2D eigenvalue weighted by molar-refractivity contribution is 5.78. The quantitative estimate of drug-likeness (QED) is 0.185. The Labute approximate surface area is 245 Å². The van der Waals surface area contributed by atoms with E-state index in [0.29, 0.717) is 25.1 Å². The fourth-order valence-corrected chi connectivity index (χ4v) is 4.75. The van der Waals surface area contributed by atoms with E-state index in [-0.39, 0.29) is 6.15 Å². The normalized spacial score (nSPS) is 10.7. The second-order valence-corrected chi connectivity index (χ2v) is 10.0. The molecule has 42 heavy (non-hydrogen) atoms. The highest BCUT2D eigenvalue weighted by Gasteiger charge is 2.16. The van der Waals surface area contributed by atoms with Crippen LogP contribution in [0, 0.1) is 12.8 Å². The molecule has 9 heteroatoms. The number of hydrogen-bond acceptors (Lipinski definition) is 8. The van der Waals surface area contributed by atoms with Gasteiger partial charge in [0.15, 0.2) is 0 Å². The highest BCUT2D eigenvalue weighted by Crippen LogP contribution is 2.27. The summed E-state index contributed by atoms with van der Waals surface area (Å²) in [5, 5.41) is 0. The van der Waals surface area contributed by atoms with Gasteiger partial charge < -0.3 is 14.0 Å². The van der Waals surface area contributed by atoms with Crippen LogP contribution in [-0.4, -0.2) is 37.8 Å². The molecule has 0 aliphatic heterocycles. The van der Waals surface area contributed by atoms with Gasteiger partial charge in [0.25, 0.3) is 0 Å². The molecule has 5 aromatic rings. The van der Waals surface area contributed by atoms with Crippen molar-refractivity contribution in [1.29, 1.82) is 0 Å². The van der Waals surface area contributed by atoms with Gasteiger partial charge in [0, 0.05) is 43.2 Å². The fraction of sp³-hybridized carbons (Fsp3) is 0.303. The number of imidazole rings is 1. The Morgan fingerprint density at radius 3 is 2.33 bits per heavy atom. The zero-order valence-corrected chi connectivity index (χ0v) is 24.4. The third-order valence-electron chi connectivity index (χ3n) is 7.20. The summed E-state index contributed by atoms with van der Waals surface area (Å²) < 4.78 is 13.6. The molecule has 0 atom stereocenters. The molecule has 5 rings (SSSR count). The number of aromatic nitrogens is 5. The SMILES string of the molecule is CCC(CC)Cc1nc2ccc(OCc3ccc(C)cn3)cc2n1Cc1cccc(-c2cnc(OC)nc2)c1.O=C=O. The van der Waals surface area contributed by atoms with Gasteiger partial charge in [-0.3, -0.25) is 4.98 Å². The molecule has 0 aliphatic carbocycles. The van der Waals surface area contributed by atoms with E-state index >= 15 is 0 Å². The predicted molar refractivity (Wildman–Crippen MR) is 159 cm³/mol. The molecular formula is C33H35N5O4. The van der Waals surface area contributed by atoms with E-state index in [9.17, 15) is 0 Å². The number of hydrogen-bond donors (Lipinski definition) is 0. The van der Waals surface area contributed by atoms with Crippen LogP contribution in [0.5, 0.6) is 11.8 Å². The number of aryl methyl sites for hydroxylation is 1. The smallest absolute Gasteiger partial charge is 0.373 e. The van der Waals surface area contributed by atoms with Crippen LogP contribution >= 0.6 is 0 Å². The van der Waals surface area contributed by atoms with Gasteiger partial charge in [-0.25, -0.2) is 15.0 Å². The summed E-state index contributed by atoms with van der Waals surface area (Å²) in [7, 11) is 1.57. The molecule has 0 saturated carbocycles. The number of rotatable bonds is 11. The summed E-state index contributed by atoms with van der Waals surface area (Å²) in [5.74, 6) is 2.50. The molecule has 0 N–H and O–H groups in total. The second-order valence-electron chi connectivity index (χ2n) is 10.0. The summed E-state index contributed by atoms with van der Waals surface area (Å²) >= 11 is 0. The number of carbonyl (C=O) groups excluding carboxylic acids is 2. The average Bonchev–Trinajstić information content (AvgIpc) is 3.35. The Kier molecular flexibility index (Phi) is 10.5. The van der Waals surface area contributed by atoms with Gasteiger partial charge in [0.05, 0.1) is 23.8 Å². The summed E-state index contributed by atoms with van der Waals surface area (Å²) in [6, 6.07) is 19.1. The van der Waals surface area contributed by atoms with Crippen molar-refractivity contribution in [1.82, 2.24) is 24.5 Å². The fourth-order valence-electron chi connectivity index (χ4n) is 4.75. The van der Waals surface area contributed by atoms with Crippen LogP contribution in [0.25, 0.3) is 22.2 Å². The Morgan fingerprint density at radius 2 is 1.67 bits per heavy atom. The lowest BCUT2D eigenvalue weighted by Crippen LogP contribution is -2.10. The standard InChI is InChI=1S/C32H35N5O2.CO2/c1-5-23(6-2)15-31-36-29-13-12-28(39-21-27-11-10-22(3)17-33-27)16-30(29)37(31)20-24-8-7-9-25(14-24)26-18-34-32(38-4)35-19-26;2-1-3/h7-14,16-19,23H,5-6,15,20-21H2,1-4H3;. The Hall–Kier alpha value is -4.88. The van der Waals surface area contributed by atoms with Crippen molar-refractivity contribution >= 4 is 17.2 Å². The number of benzene rings is 2. The summed E-state index contributed by atoms with van der Waals surface area (Å²) in [6.45, 7) is 7.68. The summed E-state index contributed by atoms with van der Waals surface area (Å²) in [5.41, 5.74) is 7.30. The minimum Gasteiger partial charge on any atom is -0.487 e. The van der Waals surface area contributed by atoms with Crippen molar-refractivity contribution in [2.24, 2.45) is 5.92 Å². The Balaban J connectivity index is 0.00000129. The number of nitrogens with zero attached hydrogens (tertiary/aromatic N) is 5. The van der Waals surface area contributed by atoms with Gasteiger partial charge in [-0.15, -0.1) is 0 Å². The average molecular weight is 566 g/mol. The summed E-state index contributed by atoms with van der Waals surface area (Å²) in [4.78, 5) is 34.3. The third kappa shape index (κ3) is 7.65. The number of fused-ring (bicyclic) bond motifs is 1. The van der Waals surface area contributed by atoms with Crippen molar-refractivity contribution in [2.45, 2.75) is 53.2 Å². The molecular weight excluding hydrogens is 530 g/mol. The van der Waals surface area contributed by atoms with E-state index in [0.717, 1.165) is 64.3 Å².